The lowest BCUT2D eigenvalue weighted by molar-refractivity contribution is 0.117. The number of hydrogen-bond donors (Lipinski definition) is 1. The monoisotopic (exact) mass is 268 g/mol. The molecule has 4 heteroatoms. The molecule has 0 amide bonds. The first kappa shape index (κ1) is 12.0. The Hall–Kier alpha value is -2.04. The molecule has 0 radical (unpaired) electrons. The number of benzene rings is 2. The Labute approximate surface area is 115 Å². The Balaban J connectivity index is 2.23. The van der Waals surface area contributed by atoms with Crippen LogP contribution in [0.4, 0.5) is 0 Å². The van der Waals surface area contributed by atoms with Crippen LogP contribution in [0, 0.1) is 0 Å². The summed E-state index contributed by atoms with van der Waals surface area (Å²) in [6.07, 6.45) is 0. The highest BCUT2D eigenvalue weighted by Crippen LogP contribution is 2.34. The van der Waals surface area contributed by atoms with E-state index < -0.39 is 5.60 Å². The second kappa shape index (κ2) is 4.91. The van der Waals surface area contributed by atoms with Crippen LogP contribution in [-0.2, 0) is 5.60 Å². The van der Waals surface area contributed by atoms with Crippen molar-refractivity contribution in [3.05, 3.63) is 83.1 Å². The summed E-state index contributed by atoms with van der Waals surface area (Å²) in [5.41, 5.74) is 1.86. The number of aliphatic hydroxyl groups is 1. The number of rotatable bonds is 3. The van der Waals surface area contributed by atoms with E-state index in [4.69, 9.17) is 0 Å². The van der Waals surface area contributed by atoms with Gasteiger partial charge in [0.25, 0.3) is 0 Å². The molecule has 3 nitrogen and oxygen atoms in total. The molecule has 2 aromatic carbocycles. The summed E-state index contributed by atoms with van der Waals surface area (Å²) < 4.78 is 4.22. The fraction of sp³-hybridized carbons (Fsp3) is 0.0667. The molecule has 1 heterocycles. The predicted molar refractivity (Wildman–Crippen MR) is 74.9 cm³/mol. The van der Waals surface area contributed by atoms with E-state index in [1.165, 1.54) is 11.5 Å². The fourth-order valence-corrected chi connectivity index (χ4v) is 2.59. The van der Waals surface area contributed by atoms with Crippen LogP contribution in [0.5, 0.6) is 0 Å². The molecule has 3 aromatic rings. The molecule has 0 aliphatic heterocycles. The Kier molecular flexibility index (Phi) is 3.11. The first-order valence-electron chi connectivity index (χ1n) is 5.92. The van der Waals surface area contributed by atoms with Gasteiger partial charge < -0.3 is 5.11 Å². The van der Waals surface area contributed by atoms with Gasteiger partial charge in [0.05, 0.1) is 0 Å². The van der Waals surface area contributed by atoms with Crippen molar-refractivity contribution < 1.29 is 5.11 Å². The van der Waals surface area contributed by atoms with Crippen molar-refractivity contribution in [3.8, 4) is 0 Å². The minimum atomic E-state index is -1.30. The minimum Gasteiger partial charge on any atom is -0.373 e. The van der Waals surface area contributed by atoms with E-state index in [0.717, 1.165) is 11.1 Å². The number of nitrogens with zero attached hydrogens (tertiary/aromatic N) is 2. The van der Waals surface area contributed by atoms with Crippen molar-refractivity contribution in [2.24, 2.45) is 0 Å². The van der Waals surface area contributed by atoms with Gasteiger partial charge in [0.2, 0.25) is 0 Å². The zero-order chi connectivity index (χ0) is 13.1. The van der Waals surface area contributed by atoms with Crippen LogP contribution in [0.15, 0.2) is 66.2 Å². The zero-order valence-electron chi connectivity index (χ0n) is 10.1. The molecule has 0 aliphatic carbocycles. The minimum absolute atomic E-state index is 0.412. The normalized spacial score (nSPS) is 11.4. The molecule has 0 unspecified atom stereocenters. The van der Waals surface area contributed by atoms with Crippen molar-refractivity contribution >= 4 is 11.5 Å². The van der Waals surface area contributed by atoms with Gasteiger partial charge in [0.15, 0.2) is 11.4 Å². The van der Waals surface area contributed by atoms with Gasteiger partial charge in [-0.2, -0.15) is 4.37 Å². The summed E-state index contributed by atoms with van der Waals surface area (Å²) in [7, 11) is 0. The van der Waals surface area contributed by atoms with Gasteiger partial charge in [-0.25, -0.2) is 4.98 Å². The number of aromatic nitrogens is 2. The summed E-state index contributed by atoms with van der Waals surface area (Å²) in [4.78, 5) is 4.20. The molecule has 1 N–H and O–H groups in total. The van der Waals surface area contributed by atoms with Gasteiger partial charge in [-0.3, -0.25) is 0 Å². The van der Waals surface area contributed by atoms with Crippen LogP contribution < -0.4 is 0 Å². The highest BCUT2D eigenvalue weighted by molar-refractivity contribution is 7.03. The van der Waals surface area contributed by atoms with Crippen LogP contribution in [0.3, 0.4) is 0 Å². The van der Waals surface area contributed by atoms with Crippen molar-refractivity contribution in [3.63, 3.8) is 0 Å². The molecular formula is C15H12N2OS. The standard InChI is InChI=1S/C15H12N2OS/c18-15(14-16-11-19-17-14,12-7-3-1-4-8-12)13-9-5-2-6-10-13/h1-11,18H. The van der Waals surface area contributed by atoms with Crippen molar-refractivity contribution in [2.45, 2.75) is 5.60 Å². The van der Waals surface area contributed by atoms with Crippen LogP contribution in [0.1, 0.15) is 17.0 Å². The lowest BCUT2D eigenvalue weighted by atomic mass is 9.86. The van der Waals surface area contributed by atoms with Crippen LogP contribution in [0.2, 0.25) is 0 Å². The van der Waals surface area contributed by atoms with E-state index >= 15 is 0 Å². The zero-order valence-corrected chi connectivity index (χ0v) is 10.9. The summed E-state index contributed by atoms with van der Waals surface area (Å²) in [5.74, 6) is 0.412. The maximum atomic E-state index is 11.2. The summed E-state index contributed by atoms with van der Waals surface area (Å²) >= 11 is 1.23. The van der Waals surface area contributed by atoms with Gasteiger partial charge in [-0.15, -0.1) is 0 Å². The molecular weight excluding hydrogens is 256 g/mol. The molecule has 0 saturated carbocycles. The Bertz CT molecular complexity index is 599. The quantitative estimate of drug-likeness (QED) is 0.794. The topological polar surface area (TPSA) is 46.0 Å². The largest absolute Gasteiger partial charge is 0.373 e. The van der Waals surface area contributed by atoms with Gasteiger partial charge >= 0.3 is 0 Å². The van der Waals surface area contributed by atoms with Crippen LogP contribution >= 0.6 is 11.5 Å². The molecule has 0 fully saturated rings. The lowest BCUT2D eigenvalue weighted by Gasteiger charge is -2.26. The Morgan fingerprint density at radius 1 is 0.842 bits per heavy atom. The molecule has 1 aromatic heterocycles. The predicted octanol–water partition coefficient (Wildman–Crippen LogP) is 2.82. The first-order chi connectivity index (χ1) is 9.32. The van der Waals surface area contributed by atoms with Crippen LogP contribution in [0.25, 0.3) is 0 Å². The highest BCUT2D eigenvalue weighted by Gasteiger charge is 2.37. The SMILES string of the molecule is OC(c1ccccc1)(c1ccccc1)c1ncsn1. The van der Waals surface area contributed by atoms with E-state index in [1.807, 2.05) is 60.7 Å². The van der Waals surface area contributed by atoms with Crippen LogP contribution in [-0.4, -0.2) is 14.5 Å². The van der Waals surface area contributed by atoms with Gasteiger partial charge in [-0.1, -0.05) is 60.7 Å². The van der Waals surface area contributed by atoms with E-state index in [9.17, 15) is 5.11 Å². The Morgan fingerprint density at radius 2 is 1.37 bits per heavy atom. The van der Waals surface area contributed by atoms with Crippen molar-refractivity contribution in [2.75, 3.05) is 0 Å². The van der Waals surface area contributed by atoms with Gasteiger partial charge in [0.1, 0.15) is 5.51 Å². The van der Waals surface area contributed by atoms with Crippen molar-refractivity contribution in [1.29, 1.82) is 0 Å². The van der Waals surface area contributed by atoms with Gasteiger partial charge in [-0.05, 0) is 22.7 Å². The molecule has 3 rings (SSSR count). The number of hydrogen-bond acceptors (Lipinski definition) is 4. The summed E-state index contributed by atoms with van der Waals surface area (Å²) in [5, 5.41) is 11.2. The van der Waals surface area contributed by atoms with E-state index in [-0.39, 0.29) is 0 Å². The average molecular weight is 268 g/mol. The van der Waals surface area contributed by atoms with E-state index in [2.05, 4.69) is 9.36 Å². The summed E-state index contributed by atoms with van der Waals surface area (Å²) in [6, 6.07) is 19.0. The van der Waals surface area contributed by atoms with E-state index in [1.54, 1.807) is 5.51 Å². The third-order valence-electron chi connectivity index (χ3n) is 3.07. The average Bonchev–Trinajstić information content (AvgIpc) is 3.03. The first-order valence-corrected chi connectivity index (χ1v) is 6.76. The molecule has 0 atom stereocenters. The maximum Gasteiger partial charge on any atom is 0.183 e. The molecule has 94 valence electrons. The van der Waals surface area contributed by atoms with Crippen molar-refractivity contribution in [1.82, 2.24) is 9.36 Å². The molecule has 19 heavy (non-hydrogen) atoms. The molecule has 0 aliphatic rings. The van der Waals surface area contributed by atoms with Gasteiger partial charge in [0, 0.05) is 0 Å². The third-order valence-corrected chi connectivity index (χ3v) is 3.55. The molecule has 0 saturated heterocycles. The highest BCUT2D eigenvalue weighted by atomic mass is 32.1. The second-order valence-electron chi connectivity index (χ2n) is 4.20. The third kappa shape index (κ3) is 2.05. The molecule has 0 bridgehead atoms. The second-order valence-corrected chi connectivity index (χ2v) is 4.80. The van der Waals surface area contributed by atoms with E-state index in [0.29, 0.717) is 5.82 Å². The smallest absolute Gasteiger partial charge is 0.183 e. The Morgan fingerprint density at radius 3 is 1.79 bits per heavy atom. The molecule has 0 spiro atoms. The summed E-state index contributed by atoms with van der Waals surface area (Å²) in [6.45, 7) is 0. The fourth-order valence-electron chi connectivity index (χ4n) is 2.11. The lowest BCUT2D eigenvalue weighted by Crippen LogP contribution is -2.30. The maximum absolute atomic E-state index is 11.2.